The monoisotopic (exact) mass is 297 g/mol. The van der Waals surface area contributed by atoms with Gasteiger partial charge in [0, 0.05) is 17.4 Å². The van der Waals surface area contributed by atoms with Gasteiger partial charge in [0.15, 0.2) is 5.82 Å². The SMILES string of the molecule is CCC(N)Cc1nc(CSc2ccccc2Cl)no1. The Hall–Kier alpha value is -1.04. The van der Waals surface area contributed by atoms with Crippen LogP contribution in [0, 0.1) is 0 Å². The minimum absolute atomic E-state index is 0.0736. The molecule has 0 fully saturated rings. The molecule has 2 aromatic rings. The molecular weight excluding hydrogens is 282 g/mol. The predicted molar refractivity (Wildman–Crippen MR) is 77.3 cm³/mol. The predicted octanol–water partition coefficient (Wildman–Crippen LogP) is 3.30. The largest absolute Gasteiger partial charge is 0.339 e. The lowest BCUT2D eigenvalue weighted by molar-refractivity contribution is 0.364. The summed E-state index contributed by atoms with van der Waals surface area (Å²) in [7, 11) is 0. The average molecular weight is 298 g/mol. The van der Waals surface area contributed by atoms with Gasteiger partial charge in [0.05, 0.1) is 10.8 Å². The fourth-order valence-electron chi connectivity index (χ4n) is 1.50. The molecule has 0 spiro atoms. The summed E-state index contributed by atoms with van der Waals surface area (Å²) in [4.78, 5) is 5.34. The molecule has 1 atom stereocenters. The van der Waals surface area contributed by atoms with E-state index in [4.69, 9.17) is 21.9 Å². The molecule has 2 N–H and O–H groups in total. The van der Waals surface area contributed by atoms with Crippen molar-refractivity contribution in [3.8, 4) is 0 Å². The first-order valence-electron chi connectivity index (χ1n) is 6.13. The highest BCUT2D eigenvalue weighted by Crippen LogP contribution is 2.28. The lowest BCUT2D eigenvalue weighted by Crippen LogP contribution is -2.21. The van der Waals surface area contributed by atoms with Gasteiger partial charge in [-0.2, -0.15) is 4.98 Å². The zero-order chi connectivity index (χ0) is 13.7. The molecular formula is C13H16ClN3OS. The van der Waals surface area contributed by atoms with Crippen LogP contribution >= 0.6 is 23.4 Å². The van der Waals surface area contributed by atoms with E-state index in [9.17, 15) is 0 Å². The van der Waals surface area contributed by atoms with Crippen LogP contribution in [0.25, 0.3) is 0 Å². The van der Waals surface area contributed by atoms with Crippen molar-refractivity contribution in [2.45, 2.75) is 36.5 Å². The third-order valence-electron chi connectivity index (χ3n) is 2.66. The standard InChI is InChI=1S/C13H16ClN3OS/c1-2-9(15)7-13-16-12(17-18-13)8-19-11-6-4-3-5-10(11)14/h3-6,9H,2,7-8,15H2,1H3. The number of nitrogens with two attached hydrogens (primary N) is 1. The lowest BCUT2D eigenvalue weighted by Gasteiger charge is -2.02. The first kappa shape index (κ1) is 14.4. The average Bonchev–Trinajstić information content (AvgIpc) is 2.85. The zero-order valence-electron chi connectivity index (χ0n) is 10.7. The van der Waals surface area contributed by atoms with Crippen molar-refractivity contribution < 1.29 is 4.52 Å². The van der Waals surface area contributed by atoms with E-state index in [1.54, 1.807) is 11.8 Å². The number of hydrogen-bond acceptors (Lipinski definition) is 5. The summed E-state index contributed by atoms with van der Waals surface area (Å²) >= 11 is 7.67. The van der Waals surface area contributed by atoms with E-state index in [-0.39, 0.29) is 6.04 Å². The van der Waals surface area contributed by atoms with Crippen molar-refractivity contribution in [3.05, 3.63) is 41.0 Å². The quantitative estimate of drug-likeness (QED) is 0.829. The van der Waals surface area contributed by atoms with Crippen molar-refractivity contribution >= 4 is 23.4 Å². The van der Waals surface area contributed by atoms with Crippen LogP contribution in [0.4, 0.5) is 0 Å². The van der Waals surface area contributed by atoms with Gasteiger partial charge in [-0.15, -0.1) is 11.8 Å². The highest BCUT2D eigenvalue weighted by Gasteiger charge is 2.10. The fourth-order valence-corrected chi connectivity index (χ4v) is 2.59. The van der Waals surface area contributed by atoms with Crippen molar-refractivity contribution in [1.82, 2.24) is 10.1 Å². The number of rotatable bonds is 6. The molecule has 0 saturated heterocycles. The van der Waals surface area contributed by atoms with Gasteiger partial charge in [-0.05, 0) is 18.6 Å². The molecule has 19 heavy (non-hydrogen) atoms. The fraction of sp³-hybridized carbons (Fsp3) is 0.385. The van der Waals surface area contributed by atoms with Gasteiger partial charge in [0.2, 0.25) is 5.89 Å². The lowest BCUT2D eigenvalue weighted by atomic mass is 10.2. The minimum Gasteiger partial charge on any atom is -0.339 e. The maximum atomic E-state index is 6.08. The minimum atomic E-state index is 0.0736. The van der Waals surface area contributed by atoms with Gasteiger partial charge in [-0.3, -0.25) is 0 Å². The van der Waals surface area contributed by atoms with Crippen LogP contribution in [0.3, 0.4) is 0 Å². The van der Waals surface area contributed by atoms with Gasteiger partial charge in [0.1, 0.15) is 0 Å². The van der Waals surface area contributed by atoms with Crippen molar-refractivity contribution in [2.75, 3.05) is 0 Å². The number of hydrogen-bond donors (Lipinski definition) is 1. The number of thioether (sulfide) groups is 1. The molecule has 0 radical (unpaired) electrons. The summed E-state index contributed by atoms with van der Waals surface area (Å²) in [5.74, 6) is 1.90. The van der Waals surface area contributed by atoms with Gasteiger partial charge >= 0.3 is 0 Å². The zero-order valence-corrected chi connectivity index (χ0v) is 12.2. The van der Waals surface area contributed by atoms with E-state index in [1.165, 1.54) is 0 Å². The molecule has 0 aliphatic heterocycles. The van der Waals surface area contributed by atoms with E-state index in [2.05, 4.69) is 10.1 Å². The van der Waals surface area contributed by atoms with Crippen LogP contribution in [-0.4, -0.2) is 16.2 Å². The summed E-state index contributed by atoms with van der Waals surface area (Å²) in [5, 5.41) is 4.68. The third-order valence-corrected chi connectivity index (χ3v) is 4.18. The Bertz CT molecular complexity index is 532. The molecule has 1 heterocycles. The highest BCUT2D eigenvalue weighted by molar-refractivity contribution is 7.98. The van der Waals surface area contributed by atoms with Crippen molar-refractivity contribution in [2.24, 2.45) is 5.73 Å². The van der Waals surface area contributed by atoms with Crippen LogP contribution in [0.1, 0.15) is 25.1 Å². The maximum absolute atomic E-state index is 6.08. The first-order chi connectivity index (χ1) is 9.19. The smallest absolute Gasteiger partial charge is 0.228 e. The number of nitrogens with zero attached hydrogens (tertiary/aromatic N) is 2. The van der Waals surface area contributed by atoms with Gasteiger partial charge in [-0.25, -0.2) is 0 Å². The maximum Gasteiger partial charge on any atom is 0.228 e. The number of aromatic nitrogens is 2. The molecule has 0 aliphatic carbocycles. The summed E-state index contributed by atoms with van der Waals surface area (Å²) < 4.78 is 5.17. The second kappa shape index (κ2) is 6.93. The van der Waals surface area contributed by atoms with Gasteiger partial charge < -0.3 is 10.3 Å². The van der Waals surface area contributed by atoms with Crippen LogP contribution in [-0.2, 0) is 12.2 Å². The molecule has 0 amide bonds. The molecule has 0 saturated carbocycles. The first-order valence-corrected chi connectivity index (χ1v) is 7.49. The van der Waals surface area contributed by atoms with E-state index in [0.29, 0.717) is 23.9 Å². The Morgan fingerprint density at radius 1 is 1.42 bits per heavy atom. The van der Waals surface area contributed by atoms with E-state index in [0.717, 1.165) is 16.3 Å². The third kappa shape index (κ3) is 4.23. The number of benzene rings is 1. The molecule has 0 bridgehead atoms. The van der Waals surface area contributed by atoms with Crippen molar-refractivity contribution in [1.29, 1.82) is 0 Å². The summed E-state index contributed by atoms with van der Waals surface area (Å²) in [6.45, 7) is 2.04. The molecule has 4 nitrogen and oxygen atoms in total. The molecule has 2 rings (SSSR count). The second-order valence-electron chi connectivity index (χ2n) is 4.20. The Morgan fingerprint density at radius 2 is 2.21 bits per heavy atom. The molecule has 0 aliphatic rings. The molecule has 1 aromatic carbocycles. The molecule has 1 unspecified atom stereocenters. The topological polar surface area (TPSA) is 64.9 Å². The van der Waals surface area contributed by atoms with Crippen LogP contribution in [0.2, 0.25) is 5.02 Å². The second-order valence-corrected chi connectivity index (χ2v) is 5.62. The highest BCUT2D eigenvalue weighted by atomic mass is 35.5. The van der Waals surface area contributed by atoms with E-state index in [1.807, 2.05) is 31.2 Å². The Morgan fingerprint density at radius 3 is 2.95 bits per heavy atom. The normalized spacial score (nSPS) is 12.6. The molecule has 1 aromatic heterocycles. The van der Waals surface area contributed by atoms with Gasteiger partial charge in [0.25, 0.3) is 0 Å². The van der Waals surface area contributed by atoms with E-state index < -0.39 is 0 Å². The van der Waals surface area contributed by atoms with Crippen LogP contribution in [0.5, 0.6) is 0 Å². The Labute approximate surface area is 121 Å². The molecule has 6 heteroatoms. The summed E-state index contributed by atoms with van der Waals surface area (Å²) in [5.41, 5.74) is 5.85. The van der Waals surface area contributed by atoms with Gasteiger partial charge in [-0.1, -0.05) is 35.8 Å². The Kier molecular flexibility index (Phi) is 5.24. The van der Waals surface area contributed by atoms with E-state index >= 15 is 0 Å². The Balaban J connectivity index is 1.92. The summed E-state index contributed by atoms with van der Waals surface area (Å²) in [6.07, 6.45) is 1.52. The van der Waals surface area contributed by atoms with Crippen LogP contribution in [0.15, 0.2) is 33.7 Å². The van der Waals surface area contributed by atoms with Crippen molar-refractivity contribution in [3.63, 3.8) is 0 Å². The molecule has 102 valence electrons. The van der Waals surface area contributed by atoms with Crippen LogP contribution < -0.4 is 5.73 Å². The number of halogens is 1. The summed E-state index contributed by atoms with van der Waals surface area (Å²) in [6, 6.07) is 7.78.